The number of ether oxygens (including phenoxy) is 1. The second kappa shape index (κ2) is 8.25. The van der Waals surface area contributed by atoms with E-state index in [0.717, 1.165) is 6.92 Å². The molecule has 1 aliphatic carbocycles. The Morgan fingerprint density at radius 2 is 1.83 bits per heavy atom. The highest BCUT2D eigenvalue weighted by Gasteiger charge is 2.38. The minimum atomic E-state index is -1.33. The van der Waals surface area contributed by atoms with Crippen LogP contribution < -0.4 is 11.1 Å². The van der Waals surface area contributed by atoms with Crippen molar-refractivity contribution >= 4 is 29.5 Å². The van der Waals surface area contributed by atoms with Gasteiger partial charge in [0.15, 0.2) is 12.4 Å². The van der Waals surface area contributed by atoms with Crippen molar-refractivity contribution in [2.75, 3.05) is 6.61 Å². The summed E-state index contributed by atoms with van der Waals surface area (Å²) in [4.78, 5) is 57.0. The zero-order valence-corrected chi connectivity index (χ0v) is 12.7. The van der Waals surface area contributed by atoms with Crippen LogP contribution in [0.4, 0.5) is 0 Å². The third-order valence-electron chi connectivity index (χ3n) is 3.72. The Balaban J connectivity index is 2.73. The van der Waals surface area contributed by atoms with E-state index in [9.17, 15) is 24.0 Å². The number of carboxylic acids is 1. The number of ketones is 1. The summed E-state index contributed by atoms with van der Waals surface area (Å²) < 4.78 is 4.53. The summed E-state index contributed by atoms with van der Waals surface area (Å²) in [6.07, 6.45) is 0.937. The molecule has 1 fully saturated rings. The minimum Gasteiger partial charge on any atom is -0.481 e. The van der Waals surface area contributed by atoms with E-state index in [0.29, 0.717) is 19.3 Å². The van der Waals surface area contributed by atoms with Crippen molar-refractivity contribution in [3.8, 4) is 0 Å². The van der Waals surface area contributed by atoms with Crippen molar-refractivity contribution in [2.45, 2.75) is 38.6 Å². The summed E-state index contributed by atoms with van der Waals surface area (Å²) in [6, 6.07) is -1.33. The molecule has 1 rings (SSSR count). The van der Waals surface area contributed by atoms with Gasteiger partial charge in [-0.15, -0.1) is 0 Å². The number of Topliss-reactive ketones (excluding diaryl/α,β-unsaturated/α-hetero) is 1. The van der Waals surface area contributed by atoms with Gasteiger partial charge < -0.3 is 20.9 Å². The highest BCUT2D eigenvalue weighted by molar-refractivity contribution is 5.95. The first kappa shape index (κ1) is 18.6. The van der Waals surface area contributed by atoms with Gasteiger partial charge >= 0.3 is 11.9 Å². The predicted octanol–water partition coefficient (Wildman–Crippen LogP) is -1.02. The third-order valence-corrected chi connectivity index (χ3v) is 3.72. The van der Waals surface area contributed by atoms with Gasteiger partial charge in [0.1, 0.15) is 6.04 Å². The molecule has 1 aliphatic rings. The number of nitrogens with two attached hydrogens (primary N) is 1. The molecule has 0 aromatic carbocycles. The van der Waals surface area contributed by atoms with Gasteiger partial charge in [-0.2, -0.15) is 0 Å². The van der Waals surface area contributed by atoms with Crippen molar-refractivity contribution in [1.82, 2.24) is 5.32 Å². The van der Waals surface area contributed by atoms with Gasteiger partial charge in [0.2, 0.25) is 11.8 Å². The Kier molecular flexibility index (Phi) is 6.67. The van der Waals surface area contributed by atoms with Gasteiger partial charge in [-0.1, -0.05) is 6.42 Å². The van der Waals surface area contributed by atoms with E-state index in [-0.39, 0.29) is 0 Å². The second-order valence-corrected chi connectivity index (χ2v) is 5.45. The zero-order chi connectivity index (χ0) is 17.6. The molecule has 0 radical (unpaired) electrons. The largest absolute Gasteiger partial charge is 0.481 e. The van der Waals surface area contributed by atoms with Crippen molar-refractivity contribution in [1.29, 1.82) is 0 Å². The van der Waals surface area contributed by atoms with Crippen LogP contribution in [0.1, 0.15) is 32.6 Å². The summed E-state index contributed by atoms with van der Waals surface area (Å²) in [5.74, 6) is -5.19. The molecule has 128 valence electrons. The molecule has 9 nitrogen and oxygen atoms in total. The fraction of sp³-hybridized carbons (Fsp3) is 0.643. The van der Waals surface area contributed by atoms with Crippen LogP contribution in [0.25, 0.3) is 0 Å². The van der Waals surface area contributed by atoms with Gasteiger partial charge in [-0.3, -0.25) is 24.0 Å². The average Bonchev–Trinajstić information content (AvgIpc) is 2.93. The summed E-state index contributed by atoms with van der Waals surface area (Å²) in [6.45, 7) is 0.478. The van der Waals surface area contributed by atoms with Gasteiger partial charge in [-0.05, 0) is 12.8 Å². The molecule has 0 bridgehead atoms. The summed E-state index contributed by atoms with van der Waals surface area (Å²) in [5, 5.41) is 11.2. The maximum atomic E-state index is 12.2. The number of carbonyl (C=O) groups excluding carboxylic acids is 4. The summed E-state index contributed by atoms with van der Waals surface area (Å²) >= 11 is 0. The molecular formula is C14H20N2O7. The highest BCUT2D eigenvalue weighted by atomic mass is 16.5. The smallest absolute Gasteiger partial charge is 0.305 e. The lowest BCUT2D eigenvalue weighted by Crippen LogP contribution is -2.47. The first-order chi connectivity index (χ1) is 10.7. The Labute approximate surface area is 132 Å². The van der Waals surface area contributed by atoms with E-state index in [2.05, 4.69) is 10.1 Å². The van der Waals surface area contributed by atoms with Gasteiger partial charge in [-0.25, -0.2) is 0 Å². The molecule has 0 spiro atoms. The van der Waals surface area contributed by atoms with Crippen LogP contribution in [0, 0.1) is 11.8 Å². The summed E-state index contributed by atoms with van der Waals surface area (Å²) in [5.41, 5.74) is 5.24. The second-order valence-electron chi connectivity index (χ2n) is 5.45. The molecular weight excluding hydrogens is 308 g/mol. The molecule has 3 unspecified atom stereocenters. The number of rotatable bonds is 8. The molecule has 2 amide bonds. The van der Waals surface area contributed by atoms with Crippen molar-refractivity contribution in [3.05, 3.63) is 0 Å². The number of amides is 2. The third kappa shape index (κ3) is 5.68. The van der Waals surface area contributed by atoms with Gasteiger partial charge in [0.05, 0.1) is 6.42 Å². The average molecular weight is 328 g/mol. The first-order valence-electron chi connectivity index (χ1n) is 7.20. The van der Waals surface area contributed by atoms with Crippen molar-refractivity contribution < 1.29 is 33.8 Å². The highest BCUT2D eigenvalue weighted by Crippen LogP contribution is 2.31. The number of hydrogen-bond acceptors (Lipinski definition) is 6. The van der Waals surface area contributed by atoms with Crippen molar-refractivity contribution in [3.63, 3.8) is 0 Å². The molecule has 0 aromatic rings. The molecule has 1 saturated carbocycles. The SMILES string of the molecule is CC(=O)OCC(=O)C(CC(=O)O)NC(=O)C1CCCC1C(N)=O. The topological polar surface area (TPSA) is 153 Å². The number of carboxylic acid groups (broad SMARTS) is 1. The Hall–Kier alpha value is -2.45. The van der Waals surface area contributed by atoms with E-state index in [1.807, 2.05) is 0 Å². The molecule has 4 N–H and O–H groups in total. The van der Waals surface area contributed by atoms with E-state index >= 15 is 0 Å². The van der Waals surface area contributed by atoms with Gasteiger partial charge in [0, 0.05) is 18.8 Å². The molecule has 3 atom stereocenters. The number of carbonyl (C=O) groups is 5. The zero-order valence-electron chi connectivity index (χ0n) is 12.7. The quantitative estimate of drug-likeness (QED) is 0.482. The van der Waals surface area contributed by atoms with E-state index in [1.165, 1.54) is 0 Å². The maximum absolute atomic E-state index is 12.2. The van der Waals surface area contributed by atoms with E-state index < -0.39 is 60.4 Å². The number of hydrogen-bond donors (Lipinski definition) is 3. The van der Waals surface area contributed by atoms with E-state index in [1.54, 1.807) is 0 Å². The maximum Gasteiger partial charge on any atom is 0.305 e. The molecule has 23 heavy (non-hydrogen) atoms. The minimum absolute atomic E-state index is 0.442. The van der Waals surface area contributed by atoms with Crippen LogP contribution in [-0.2, 0) is 28.7 Å². The molecule has 0 heterocycles. The van der Waals surface area contributed by atoms with Gasteiger partial charge in [0.25, 0.3) is 0 Å². The number of nitrogens with one attached hydrogen (secondary N) is 1. The molecule has 0 saturated heterocycles. The Morgan fingerprint density at radius 3 is 2.35 bits per heavy atom. The standard InChI is InChI=1S/C14H20N2O7/c1-7(17)23-6-11(18)10(5-12(19)20)16-14(22)9-4-2-3-8(9)13(15)21/h8-10H,2-6H2,1H3,(H2,15,21)(H,16,22)(H,19,20). The lowest BCUT2D eigenvalue weighted by molar-refractivity contribution is -0.147. The molecule has 9 heteroatoms. The number of esters is 1. The number of aliphatic carboxylic acids is 1. The van der Waals surface area contributed by atoms with E-state index in [4.69, 9.17) is 10.8 Å². The van der Waals surface area contributed by atoms with Crippen LogP contribution in [0.3, 0.4) is 0 Å². The van der Waals surface area contributed by atoms with Crippen LogP contribution >= 0.6 is 0 Å². The van der Waals surface area contributed by atoms with Crippen LogP contribution in [0.15, 0.2) is 0 Å². The Morgan fingerprint density at radius 1 is 1.22 bits per heavy atom. The normalized spacial score (nSPS) is 21.3. The van der Waals surface area contributed by atoms with Crippen LogP contribution in [0.2, 0.25) is 0 Å². The fourth-order valence-corrected chi connectivity index (χ4v) is 2.59. The monoisotopic (exact) mass is 328 g/mol. The first-order valence-corrected chi connectivity index (χ1v) is 7.20. The fourth-order valence-electron chi connectivity index (χ4n) is 2.59. The molecule has 0 aromatic heterocycles. The van der Waals surface area contributed by atoms with Crippen LogP contribution in [-0.4, -0.2) is 47.3 Å². The Bertz CT molecular complexity index is 517. The van der Waals surface area contributed by atoms with Crippen molar-refractivity contribution in [2.24, 2.45) is 17.6 Å². The molecule has 0 aliphatic heterocycles. The predicted molar refractivity (Wildman–Crippen MR) is 75.8 cm³/mol. The van der Waals surface area contributed by atoms with Crippen LogP contribution in [0.5, 0.6) is 0 Å². The summed E-state index contributed by atoms with van der Waals surface area (Å²) in [7, 11) is 0. The lowest BCUT2D eigenvalue weighted by atomic mass is 9.94. The lowest BCUT2D eigenvalue weighted by Gasteiger charge is -2.21. The number of primary amides is 1.